The second kappa shape index (κ2) is 6.80. The number of hydrogen-bond acceptors (Lipinski definition) is 7. The zero-order chi connectivity index (χ0) is 17.2. The zero-order valence-corrected chi connectivity index (χ0v) is 15.0. The molecule has 0 aliphatic carbocycles. The maximum atomic E-state index is 12.2. The summed E-state index contributed by atoms with van der Waals surface area (Å²) in [6.45, 7) is 8.10. The lowest BCUT2D eigenvalue weighted by atomic mass is 9.98. The van der Waals surface area contributed by atoms with E-state index in [2.05, 4.69) is 51.2 Å². The number of carbonyl (C=O) groups is 1. The van der Waals surface area contributed by atoms with Gasteiger partial charge in [-0.25, -0.2) is 9.97 Å². The maximum Gasteiger partial charge on any atom is 0.270 e. The quantitative estimate of drug-likeness (QED) is 0.915. The minimum Gasteiger partial charge on any atom is -0.346 e. The molecule has 1 N–H and O–H groups in total. The van der Waals surface area contributed by atoms with Crippen LogP contribution < -0.4 is 10.2 Å². The van der Waals surface area contributed by atoms with Crippen LogP contribution in [0, 0.1) is 0 Å². The predicted octanol–water partition coefficient (Wildman–Crippen LogP) is 2.02. The Kier molecular flexibility index (Phi) is 4.75. The second-order valence-electron chi connectivity index (χ2n) is 6.99. The number of nitrogens with one attached hydrogen (secondary N) is 1. The minimum atomic E-state index is -0.156. The lowest BCUT2D eigenvalue weighted by Gasteiger charge is -2.32. The molecule has 2 aromatic heterocycles. The Bertz CT molecular complexity index is 696. The van der Waals surface area contributed by atoms with E-state index in [-0.39, 0.29) is 17.4 Å². The van der Waals surface area contributed by atoms with E-state index >= 15 is 0 Å². The maximum absolute atomic E-state index is 12.2. The summed E-state index contributed by atoms with van der Waals surface area (Å²) < 4.78 is 0. The fourth-order valence-electron chi connectivity index (χ4n) is 2.60. The van der Waals surface area contributed by atoms with E-state index in [1.807, 2.05) is 0 Å². The van der Waals surface area contributed by atoms with Gasteiger partial charge in [0.15, 0.2) is 0 Å². The Morgan fingerprint density at radius 3 is 2.88 bits per heavy atom. The fraction of sp³-hybridized carbons (Fsp3) is 0.562. The van der Waals surface area contributed by atoms with Crippen molar-refractivity contribution in [2.75, 3.05) is 18.0 Å². The number of rotatable bonds is 3. The molecule has 0 spiro atoms. The summed E-state index contributed by atoms with van der Waals surface area (Å²) in [7, 11) is 0. The molecule has 8 heteroatoms. The lowest BCUT2D eigenvalue weighted by molar-refractivity contribution is 0.0928. The van der Waals surface area contributed by atoms with E-state index in [9.17, 15) is 4.79 Å². The highest BCUT2D eigenvalue weighted by atomic mass is 32.1. The van der Waals surface area contributed by atoms with Gasteiger partial charge in [-0.2, -0.15) is 0 Å². The van der Waals surface area contributed by atoms with E-state index in [0.717, 1.165) is 36.1 Å². The first kappa shape index (κ1) is 16.8. The summed E-state index contributed by atoms with van der Waals surface area (Å²) in [6, 6.07) is 1.71. The average molecular weight is 346 g/mol. The van der Waals surface area contributed by atoms with Crippen molar-refractivity contribution in [3.63, 3.8) is 0 Å². The van der Waals surface area contributed by atoms with Crippen molar-refractivity contribution in [3.05, 3.63) is 29.3 Å². The molecular formula is C16H22N6OS. The number of carbonyl (C=O) groups excluding carboxylic acids is 1. The smallest absolute Gasteiger partial charge is 0.270 e. The highest BCUT2D eigenvalue weighted by Crippen LogP contribution is 2.31. The largest absolute Gasteiger partial charge is 0.346 e. The van der Waals surface area contributed by atoms with E-state index in [1.54, 1.807) is 23.6 Å². The minimum absolute atomic E-state index is 0.00628. The molecule has 1 aliphatic rings. The Hall–Kier alpha value is -2.09. The van der Waals surface area contributed by atoms with Crippen LogP contribution >= 0.6 is 11.3 Å². The van der Waals surface area contributed by atoms with E-state index in [4.69, 9.17) is 0 Å². The van der Waals surface area contributed by atoms with Gasteiger partial charge < -0.3 is 10.2 Å². The summed E-state index contributed by atoms with van der Waals surface area (Å²) in [4.78, 5) is 22.3. The van der Waals surface area contributed by atoms with E-state index in [1.165, 1.54) is 6.33 Å². The average Bonchev–Trinajstić information content (AvgIpc) is 3.06. The van der Waals surface area contributed by atoms with Gasteiger partial charge in [-0.3, -0.25) is 4.79 Å². The Balaban J connectivity index is 1.64. The molecule has 2 aromatic rings. The van der Waals surface area contributed by atoms with Crippen LogP contribution in [0.4, 0.5) is 5.13 Å². The van der Waals surface area contributed by atoms with Gasteiger partial charge >= 0.3 is 0 Å². The third-order valence-electron chi connectivity index (χ3n) is 3.90. The summed E-state index contributed by atoms with van der Waals surface area (Å²) in [5, 5.41) is 13.7. The van der Waals surface area contributed by atoms with Crippen molar-refractivity contribution in [3.8, 4) is 0 Å². The van der Waals surface area contributed by atoms with Crippen LogP contribution in [0.5, 0.6) is 0 Å². The van der Waals surface area contributed by atoms with Crippen molar-refractivity contribution in [2.24, 2.45) is 0 Å². The zero-order valence-electron chi connectivity index (χ0n) is 14.2. The first-order chi connectivity index (χ1) is 11.4. The van der Waals surface area contributed by atoms with E-state index < -0.39 is 0 Å². The third kappa shape index (κ3) is 3.87. The van der Waals surface area contributed by atoms with Crippen molar-refractivity contribution in [2.45, 2.75) is 45.1 Å². The molecule has 1 aliphatic heterocycles. The second-order valence-corrected chi connectivity index (χ2v) is 7.95. The van der Waals surface area contributed by atoms with Crippen LogP contribution in [-0.4, -0.2) is 45.2 Å². The molecule has 0 bridgehead atoms. The van der Waals surface area contributed by atoms with E-state index in [0.29, 0.717) is 5.69 Å². The molecule has 0 saturated carbocycles. The molecular weight excluding hydrogens is 324 g/mol. The summed E-state index contributed by atoms with van der Waals surface area (Å²) in [6.07, 6.45) is 4.93. The normalized spacial score (nSPS) is 18.5. The topological polar surface area (TPSA) is 83.9 Å². The number of amides is 1. The molecule has 0 aromatic carbocycles. The Labute approximate surface area is 145 Å². The number of anilines is 1. The van der Waals surface area contributed by atoms with Gasteiger partial charge in [0.25, 0.3) is 5.91 Å². The number of nitrogens with zero attached hydrogens (tertiary/aromatic N) is 5. The SMILES string of the molecule is CC(C)(C)c1nnc(N2CCCC(NC(=O)c3ccncn3)C2)s1. The van der Waals surface area contributed by atoms with Crippen molar-refractivity contribution in [1.29, 1.82) is 0 Å². The molecule has 1 amide bonds. The van der Waals surface area contributed by atoms with Gasteiger partial charge in [0.1, 0.15) is 17.0 Å². The predicted molar refractivity (Wildman–Crippen MR) is 93.3 cm³/mol. The van der Waals surface area contributed by atoms with Crippen LogP contribution in [0.2, 0.25) is 0 Å². The highest BCUT2D eigenvalue weighted by molar-refractivity contribution is 7.15. The van der Waals surface area contributed by atoms with Gasteiger partial charge in [0.05, 0.1) is 0 Å². The van der Waals surface area contributed by atoms with Crippen LogP contribution in [0.15, 0.2) is 18.6 Å². The van der Waals surface area contributed by atoms with Crippen molar-refractivity contribution >= 4 is 22.4 Å². The van der Waals surface area contributed by atoms with Crippen molar-refractivity contribution in [1.82, 2.24) is 25.5 Å². The molecule has 24 heavy (non-hydrogen) atoms. The number of aromatic nitrogens is 4. The summed E-state index contributed by atoms with van der Waals surface area (Å²) in [5.41, 5.74) is 0.403. The molecule has 1 saturated heterocycles. The standard InChI is InChI=1S/C16H22N6OS/c1-16(2,3)14-20-21-15(24-14)22-8-4-5-11(9-22)19-13(23)12-6-7-17-10-18-12/h6-7,10-11H,4-5,8-9H2,1-3H3,(H,19,23). The molecule has 1 fully saturated rings. The third-order valence-corrected chi connectivity index (χ3v) is 5.31. The molecule has 0 radical (unpaired) electrons. The summed E-state index contributed by atoms with van der Waals surface area (Å²) in [5.74, 6) is -0.156. The molecule has 7 nitrogen and oxygen atoms in total. The summed E-state index contributed by atoms with van der Waals surface area (Å²) >= 11 is 1.63. The molecule has 3 rings (SSSR count). The highest BCUT2D eigenvalue weighted by Gasteiger charge is 2.26. The molecule has 128 valence electrons. The first-order valence-electron chi connectivity index (χ1n) is 8.09. The fourth-order valence-corrected chi connectivity index (χ4v) is 3.54. The number of piperidine rings is 1. The van der Waals surface area contributed by atoms with Gasteiger partial charge in [0, 0.05) is 30.7 Å². The monoisotopic (exact) mass is 346 g/mol. The van der Waals surface area contributed by atoms with Crippen LogP contribution in [0.1, 0.15) is 49.1 Å². The number of hydrogen-bond donors (Lipinski definition) is 1. The van der Waals surface area contributed by atoms with Gasteiger partial charge in [0.2, 0.25) is 5.13 Å². The van der Waals surface area contributed by atoms with Gasteiger partial charge in [-0.1, -0.05) is 32.1 Å². The van der Waals surface area contributed by atoms with Crippen molar-refractivity contribution < 1.29 is 4.79 Å². The molecule has 1 unspecified atom stereocenters. The Morgan fingerprint density at radius 1 is 1.38 bits per heavy atom. The van der Waals surface area contributed by atoms with Crippen LogP contribution in [0.25, 0.3) is 0 Å². The molecule has 1 atom stereocenters. The van der Waals surface area contributed by atoms with Gasteiger partial charge in [-0.05, 0) is 18.9 Å². The van der Waals surface area contributed by atoms with Crippen LogP contribution in [0.3, 0.4) is 0 Å². The first-order valence-corrected chi connectivity index (χ1v) is 8.91. The lowest BCUT2D eigenvalue weighted by Crippen LogP contribution is -2.48. The Morgan fingerprint density at radius 2 is 2.21 bits per heavy atom. The van der Waals surface area contributed by atoms with Gasteiger partial charge in [-0.15, -0.1) is 10.2 Å². The molecule has 3 heterocycles. The van der Waals surface area contributed by atoms with Crippen LogP contribution in [-0.2, 0) is 5.41 Å².